The number of aromatic nitrogens is 3. The number of unbranched alkanes of at least 4 members (excludes halogenated alkanes) is 1. The SMILES string of the molecule is CCCCOc1ccc(S(=O)(=O)NCc2nc(OC)nc(N(C)C)n2)cc1. The number of rotatable bonds is 10. The van der Waals surface area contributed by atoms with Gasteiger partial charge in [0.15, 0.2) is 5.82 Å². The maximum Gasteiger partial charge on any atom is 0.321 e. The number of hydrogen-bond donors (Lipinski definition) is 1. The predicted octanol–water partition coefficient (Wildman–Crippen LogP) is 1.60. The summed E-state index contributed by atoms with van der Waals surface area (Å²) < 4.78 is 38.0. The summed E-state index contributed by atoms with van der Waals surface area (Å²) in [5.74, 6) is 1.28. The Morgan fingerprint density at radius 3 is 2.41 bits per heavy atom. The Bertz CT molecular complexity index is 841. The summed E-state index contributed by atoms with van der Waals surface area (Å²) in [5, 5.41) is 0. The smallest absolute Gasteiger partial charge is 0.321 e. The first-order valence-electron chi connectivity index (χ1n) is 8.54. The maximum absolute atomic E-state index is 12.5. The molecule has 0 bridgehead atoms. The molecule has 1 aromatic carbocycles. The summed E-state index contributed by atoms with van der Waals surface area (Å²) in [7, 11) is 1.27. The number of hydrogen-bond acceptors (Lipinski definition) is 8. The lowest BCUT2D eigenvalue weighted by molar-refractivity contribution is 0.309. The molecule has 10 heteroatoms. The van der Waals surface area contributed by atoms with E-state index in [2.05, 4.69) is 26.6 Å². The number of methoxy groups -OCH3 is 1. The van der Waals surface area contributed by atoms with Crippen LogP contribution in [0.5, 0.6) is 11.8 Å². The van der Waals surface area contributed by atoms with Crippen molar-refractivity contribution >= 4 is 16.0 Å². The minimum absolute atomic E-state index is 0.0865. The van der Waals surface area contributed by atoms with Gasteiger partial charge in [-0.3, -0.25) is 0 Å². The highest BCUT2D eigenvalue weighted by Crippen LogP contribution is 2.17. The van der Waals surface area contributed by atoms with Crippen LogP contribution in [0.2, 0.25) is 0 Å². The lowest BCUT2D eigenvalue weighted by Crippen LogP contribution is -2.25. The standard InChI is InChI=1S/C17H25N5O4S/c1-5-6-11-26-13-7-9-14(10-8-13)27(23,24)18-12-15-19-16(22(2)3)21-17(20-15)25-4/h7-10,18H,5-6,11-12H2,1-4H3. The quantitative estimate of drug-likeness (QED) is 0.605. The van der Waals surface area contributed by atoms with E-state index in [1.54, 1.807) is 31.1 Å². The van der Waals surface area contributed by atoms with Crippen molar-refractivity contribution in [2.75, 3.05) is 32.7 Å². The van der Waals surface area contributed by atoms with Gasteiger partial charge in [0.25, 0.3) is 0 Å². The second-order valence-corrected chi connectivity index (χ2v) is 7.70. The van der Waals surface area contributed by atoms with Crippen molar-refractivity contribution in [3.05, 3.63) is 30.1 Å². The zero-order valence-corrected chi connectivity index (χ0v) is 16.8. The highest BCUT2D eigenvalue weighted by molar-refractivity contribution is 7.89. The van der Waals surface area contributed by atoms with Gasteiger partial charge >= 0.3 is 6.01 Å². The molecule has 148 valence electrons. The molecule has 27 heavy (non-hydrogen) atoms. The number of anilines is 1. The van der Waals surface area contributed by atoms with Crippen molar-refractivity contribution < 1.29 is 17.9 Å². The van der Waals surface area contributed by atoms with Crippen LogP contribution in [-0.2, 0) is 16.6 Å². The molecule has 1 aromatic heterocycles. The fourth-order valence-electron chi connectivity index (χ4n) is 2.05. The molecule has 1 N–H and O–H groups in total. The molecule has 2 aromatic rings. The molecule has 9 nitrogen and oxygen atoms in total. The number of sulfonamides is 1. The van der Waals surface area contributed by atoms with Crippen LogP contribution in [0.15, 0.2) is 29.2 Å². The van der Waals surface area contributed by atoms with Gasteiger partial charge in [0.2, 0.25) is 16.0 Å². The lowest BCUT2D eigenvalue weighted by Gasteiger charge is -2.12. The van der Waals surface area contributed by atoms with Crippen molar-refractivity contribution in [1.29, 1.82) is 0 Å². The molecule has 0 aliphatic rings. The Hall–Kier alpha value is -2.46. The van der Waals surface area contributed by atoms with Crippen LogP contribution < -0.4 is 19.1 Å². The zero-order valence-electron chi connectivity index (χ0n) is 16.0. The molecular weight excluding hydrogens is 370 g/mol. The number of nitrogens with one attached hydrogen (secondary N) is 1. The summed E-state index contributed by atoms with van der Waals surface area (Å²) in [4.78, 5) is 14.2. The Kier molecular flexibility index (Phi) is 7.31. The average molecular weight is 395 g/mol. The number of nitrogens with zero attached hydrogens (tertiary/aromatic N) is 4. The molecule has 0 spiro atoms. The minimum Gasteiger partial charge on any atom is -0.494 e. The van der Waals surface area contributed by atoms with Crippen molar-refractivity contribution in [2.45, 2.75) is 31.2 Å². The fraction of sp³-hybridized carbons (Fsp3) is 0.471. The van der Waals surface area contributed by atoms with E-state index in [0.29, 0.717) is 18.3 Å². The highest BCUT2D eigenvalue weighted by Gasteiger charge is 2.16. The monoisotopic (exact) mass is 395 g/mol. The van der Waals surface area contributed by atoms with E-state index in [1.807, 2.05) is 0 Å². The van der Waals surface area contributed by atoms with Crippen LogP contribution >= 0.6 is 0 Å². The molecule has 0 saturated carbocycles. The summed E-state index contributed by atoms with van der Waals surface area (Å²) >= 11 is 0. The van der Waals surface area contributed by atoms with Crippen LogP contribution in [0.1, 0.15) is 25.6 Å². The van der Waals surface area contributed by atoms with Gasteiger partial charge in [-0.05, 0) is 30.7 Å². The highest BCUT2D eigenvalue weighted by atomic mass is 32.2. The van der Waals surface area contributed by atoms with Gasteiger partial charge < -0.3 is 14.4 Å². The fourth-order valence-corrected chi connectivity index (χ4v) is 3.03. The molecule has 0 saturated heterocycles. The Morgan fingerprint density at radius 2 is 1.81 bits per heavy atom. The van der Waals surface area contributed by atoms with E-state index in [0.717, 1.165) is 12.8 Å². The second kappa shape index (κ2) is 9.47. The predicted molar refractivity (Wildman–Crippen MR) is 102 cm³/mol. The van der Waals surface area contributed by atoms with Crippen LogP contribution in [0.4, 0.5) is 5.95 Å². The Morgan fingerprint density at radius 1 is 1.11 bits per heavy atom. The second-order valence-electron chi connectivity index (χ2n) is 5.93. The molecule has 0 aliphatic heterocycles. The number of benzene rings is 1. The maximum atomic E-state index is 12.5. The Labute approximate surface area is 159 Å². The largest absolute Gasteiger partial charge is 0.494 e. The summed E-state index contributed by atoms with van der Waals surface area (Å²) in [6.07, 6.45) is 1.99. The van der Waals surface area contributed by atoms with Crippen LogP contribution in [-0.4, -0.2) is 51.2 Å². The van der Waals surface area contributed by atoms with Crippen molar-refractivity contribution in [1.82, 2.24) is 19.7 Å². The van der Waals surface area contributed by atoms with Crippen molar-refractivity contribution in [3.63, 3.8) is 0 Å². The van der Waals surface area contributed by atoms with Crippen LogP contribution in [0, 0.1) is 0 Å². The lowest BCUT2D eigenvalue weighted by atomic mass is 10.3. The molecule has 2 rings (SSSR count). The van der Waals surface area contributed by atoms with E-state index in [4.69, 9.17) is 9.47 Å². The molecule has 0 fully saturated rings. The normalized spacial score (nSPS) is 11.3. The summed E-state index contributed by atoms with van der Waals surface area (Å²) in [6.45, 7) is 2.60. The summed E-state index contributed by atoms with van der Waals surface area (Å²) in [5.41, 5.74) is 0. The van der Waals surface area contributed by atoms with E-state index < -0.39 is 10.0 Å². The Balaban J connectivity index is 2.07. The first kappa shape index (κ1) is 20.8. The average Bonchev–Trinajstić information content (AvgIpc) is 2.67. The molecular formula is C17H25N5O4S. The van der Waals surface area contributed by atoms with Gasteiger partial charge in [-0.1, -0.05) is 13.3 Å². The van der Waals surface area contributed by atoms with Crippen molar-refractivity contribution in [3.8, 4) is 11.8 Å². The molecule has 1 heterocycles. The van der Waals surface area contributed by atoms with Crippen LogP contribution in [0.25, 0.3) is 0 Å². The minimum atomic E-state index is -3.71. The number of ether oxygens (including phenoxy) is 2. The zero-order chi connectivity index (χ0) is 19.9. The van der Waals surface area contributed by atoms with E-state index in [-0.39, 0.29) is 23.3 Å². The third kappa shape index (κ3) is 6.04. The first-order valence-corrected chi connectivity index (χ1v) is 10.0. The topological polar surface area (TPSA) is 107 Å². The molecule has 0 aliphatic carbocycles. The van der Waals surface area contributed by atoms with Gasteiger partial charge in [0.05, 0.1) is 25.2 Å². The third-order valence-corrected chi connectivity index (χ3v) is 4.97. The summed E-state index contributed by atoms with van der Waals surface area (Å²) in [6, 6.07) is 6.41. The molecule has 0 unspecified atom stereocenters. The third-order valence-electron chi connectivity index (χ3n) is 3.55. The van der Waals surface area contributed by atoms with Gasteiger partial charge in [0, 0.05) is 14.1 Å². The van der Waals surface area contributed by atoms with E-state index >= 15 is 0 Å². The van der Waals surface area contributed by atoms with Crippen molar-refractivity contribution in [2.24, 2.45) is 0 Å². The molecule has 0 atom stereocenters. The van der Waals surface area contributed by atoms with Gasteiger partial charge in [-0.25, -0.2) is 13.1 Å². The molecule has 0 amide bonds. The van der Waals surface area contributed by atoms with Gasteiger partial charge in [-0.2, -0.15) is 15.0 Å². The van der Waals surface area contributed by atoms with Gasteiger partial charge in [-0.15, -0.1) is 0 Å². The van der Waals surface area contributed by atoms with E-state index in [9.17, 15) is 8.42 Å². The molecule has 0 radical (unpaired) electrons. The van der Waals surface area contributed by atoms with Gasteiger partial charge in [0.1, 0.15) is 5.75 Å². The van der Waals surface area contributed by atoms with Crippen LogP contribution in [0.3, 0.4) is 0 Å². The van der Waals surface area contributed by atoms with E-state index in [1.165, 1.54) is 19.2 Å². The first-order chi connectivity index (χ1) is 12.9.